The Morgan fingerprint density at radius 2 is 1.30 bits per heavy atom. The molecule has 0 bridgehead atoms. The summed E-state index contributed by atoms with van der Waals surface area (Å²) in [4.78, 5) is 0. The number of hydrogen-bond acceptors (Lipinski definition) is 2. The van der Waals surface area contributed by atoms with E-state index >= 15 is 0 Å². The second kappa shape index (κ2) is 6.44. The van der Waals surface area contributed by atoms with Gasteiger partial charge >= 0.3 is 0 Å². The van der Waals surface area contributed by atoms with Crippen molar-refractivity contribution >= 4 is 23.1 Å². The zero-order valence-corrected chi connectivity index (χ0v) is 14.2. The summed E-state index contributed by atoms with van der Waals surface area (Å²) in [5.74, 6) is 0.653. The van der Waals surface area contributed by atoms with Crippen molar-refractivity contribution in [3.05, 3.63) is 84.4 Å². The lowest BCUT2D eigenvalue weighted by Crippen LogP contribution is -2.26. The molecule has 3 aromatic carbocycles. The first-order chi connectivity index (χ1) is 11.2. The molecule has 3 aromatic rings. The van der Waals surface area contributed by atoms with Crippen molar-refractivity contribution in [2.75, 3.05) is 7.11 Å². The highest BCUT2D eigenvalue weighted by molar-refractivity contribution is 7.85. The zero-order valence-electron chi connectivity index (χ0n) is 13.3. The number of hydrogen-bond donors (Lipinski definition) is 0. The van der Waals surface area contributed by atoms with E-state index in [1.165, 1.54) is 0 Å². The van der Waals surface area contributed by atoms with Crippen molar-refractivity contribution in [1.82, 2.24) is 0 Å². The van der Waals surface area contributed by atoms with Crippen LogP contribution in [0.2, 0.25) is 0 Å². The Balaban J connectivity index is 2.31. The van der Waals surface area contributed by atoms with Crippen molar-refractivity contribution in [2.45, 2.75) is 6.92 Å². The maximum atomic E-state index is 14.2. The van der Waals surface area contributed by atoms with Crippen molar-refractivity contribution in [3.63, 3.8) is 0 Å². The fourth-order valence-corrected chi connectivity index (χ4v) is 5.50. The predicted octanol–water partition coefficient (Wildman–Crippen LogP) is 3.64. The SMILES string of the molecule is COc1ccccc1[P@@](=O)(c1ccccc1)c1ccc(C)cc1. The molecule has 3 rings (SSSR count). The minimum Gasteiger partial charge on any atom is -0.496 e. The normalized spacial score (nSPS) is 13.3. The van der Waals surface area contributed by atoms with Gasteiger partial charge in [0.1, 0.15) is 5.75 Å². The predicted molar refractivity (Wildman–Crippen MR) is 97.1 cm³/mol. The lowest BCUT2D eigenvalue weighted by atomic mass is 10.2. The summed E-state index contributed by atoms with van der Waals surface area (Å²) in [5.41, 5.74) is 1.15. The molecule has 0 saturated heterocycles. The molecule has 0 heterocycles. The molecule has 0 aromatic heterocycles. The topological polar surface area (TPSA) is 26.3 Å². The summed E-state index contributed by atoms with van der Waals surface area (Å²) in [7, 11) is -1.36. The van der Waals surface area contributed by atoms with Gasteiger partial charge in [-0.15, -0.1) is 0 Å². The van der Waals surface area contributed by atoms with Gasteiger partial charge in [-0.25, -0.2) is 0 Å². The average Bonchev–Trinajstić information content (AvgIpc) is 2.62. The first kappa shape index (κ1) is 15.6. The molecule has 0 amide bonds. The first-order valence-corrected chi connectivity index (χ1v) is 9.23. The maximum absolute atomic E-state index is 14.2. The third-order valence-electron chi connectivity index (χ3n) is 3.94. The van der Waals surface area contributed by atoms with E-state index in [0.29, 0.717) is 5.75 Å². The summed E-state index contributed by atoms with van der Waals surface area (Å²) in [6, 6.07) is 25.1. The summed E-state index contributed by atoms with van der Waals surface area (Å²) in [6.07, 6.45) is 0. The van der Waals surface area contributed by atoms with Gasteiger partial charge in [-0.2, -0.15) is 0 Å². The number of para-hydroxylation sites is 1. The number of rotatable bonds is 4. The van der Waals surface area contributed by atoms with E-state index in [2.05, 4.69) is 0 Å². The van der Waals surface area contributed by atoms with Crippen LogP contribution in [0.15, 0.2) is 78.9 Å². The van der Waals surface area contributed by atoms with E-state index in [1.54, 1.807) is 7.11 Å². The van der Waals surface area contributed by atoms with Crippen LogP contribution < -0.4 is 20.7 Å². The van der Waals surface area contributed by atoms with Crippen LogP contribution in [0.1, 0.15) is 5.56 Å². The van der Waals surface area contributed by atoms with Crippen molar-refractivity contribution < 1.29 is 9.30 Å². The van der Waals surface area contributed by atoms with Gasteiger partial charge in [-0.3, -0.25) is 0 Å². The lowest BCUT2D eigenvalue weighted by molar-refractivity contribution is 0.418. The standard InChI is InChI=1S/C20H19O2P/c1-16-12-14-18(15-13-16)23(21,17-8-4-3-5-9-17)20-11-7-6-10-19(20)22-2/h3-15H,1-2H3/t23-/m1/s1. The molecule has 0 aliphatic rings. The number of benzene rings is 3. The van der Waals surface area contributed by atoms with E-state index in [-0.39, 0.29) is 0 Å². The Bertz CT molecular complexity index is 839. The molecule has 23 heavy (non-hydrogen) atoms. The fraction of sp³-hybridized carbons (Fsp3) is 0.100. The van der Waals surface area contributed by atoms with Gasteiger partial charge in [-0.1, -0.05) is 72.3 Å². The minimum absolute atomic E-state index is 0.653. The van der Waals surface area contributed by atoms with Gasteiger partial charge in [0.15, 0.2) is 7.14 Å². The minimum atomic E-state index is -2.98. The van der Waals surface area contributed by atoms with Crippen LogP contribution in [0.4, 0.5) is 0 Å². The highest BCUT2D eigenvalue weighted by Gasteiger charge is 2.32. The molecule has 0 aliphatic heterocycles. The Morgan fingerprint density at radius 3 is 1.96 bits per heavy atom. The Kier molecular flexibility index (Phi) is 4.36. The third kappa shape index (κ3) is 2.83. The highest BCUT2D eigenvalue weighted by Crippen LogP contribution is 2.44. The summed E-state index contributed by atoms with van der Waals surface area (Å²) < 4.78 is 19.7. The van der Waals surface area contributed by atoms with Crippen LogP contribution in [0.5, 0.6) is 5.75 Å². The summed E-state index contributed by atoms with van der Waals surface area (Å²) in [5, 5.41) is 2.37. The Hall–Kier alpha value is -2.31. The van der Waals surface area contributed by atoms with E-state index < -0.39 is 7.14 Å². The van der Waals surface area contributed by atoms with E-state index in [4.69, 9.17) is 4.74 Å². The van der Waals surface area contributed by atoms with Crippen LogP contribution >= 0.6 is 7.14 Å². The van der Waals surface area contributed by atoms with Gasteiger partial charge in [-0.05, 0) is 19.1 Å². The molecule has 3 heteroatoms. The molecule has 0 aliphatic carbocycles. The van der Waals surface area contributed by atoms with Crippen LogP contribution in [-0.2, 0) is 4.57 Å². The van der Waals surface area contributed by atoms with Crippen molar-refractivity contribution in [2.24, 2.45) is 0 Å². The second-order valence-corrected chi connectivity index (χ2v) is 8.19. The molecule has 2 nitrogen and oxygen atoms in total. The number of aryl methyl sites for hydroxylation is 1. The smallest absolute Gasteiger partial charge is 0.174 e. The van der Waals surface area contributed by atoms with Crippen molar-refractivity contribution in [3.8, 4) is 5.75 Å². The highest BCUT2D eigenvalue weighted by atomic mass is 31.2. The largest absolute Gasteiger partial charge is 0.496 e. The quantitative estimate of drug-likeness (QED) is 0.686. The average molecular weight is 322 g/mol. The molecule has 0 spiro atoms. The molecule has 0 fully saturated rings. The van der Waals surface area contributed by atoms with Gasteiger partial charge in [0.05, 0.1) is 12.4 Å². The van der Waals surface area contributed by atoms with Crippen LogP contribution in [0.3, 0.4) is 0 Å². The fourth-order valence-electron chi connectivity index (χ4n) is 2.71. The lowest BCUT2D eigenvalue weighted by Gasteiger charge is -2.22. The van der Waals surface area contributed by atoms with Gasteiger partial charge in [0.25, 0.3) is 0 Å². The van der Waals surface area contributed by atoms with E-state index in [0.717, 1.165) is 21.5 Å². The Labute approximate surface area is 137 Å². The summed E-state index contributed by atoms with van der Waals surface area (Å²) >= 11 is 0. The van der Waals surface area contributed by atoms with Crippen LogP contribution in [-0.4, -0.2) is 7.11 Å². The number of ether oxygens (including phenoxy) is 1. The molecule has 1 atom stereocenters. The van der Waals surface area contributed by atoms with Crippen molar-refractivity contribution in [1.29, 1.82) is 0 Å². The molecule has 116 valence electrons. The first-order valence-electron chi connectivity index (χ1n) is 7.53. The van der Waals surface area contributed by atoms with E-state index in [1.807, 2.05) is 85.8 Å². The van der Waals surface area contributed by atoms with Gasteiger partial charge in [0.2, 0.25) is 0 Å². The molecule has 0 radical (unpaired) electrons. The summed E-state index contributed by atoms with van der Waals surface area (Å²) in [6.45, 7) is 2.03. The molecular weight excluding hydrogens is 303 g/mol. The molecular formula is C20H19O2P. The van der Waals surface area contributed by atoms with E-state index in [9.17, 15) is 4.57 Å². The zero-order chi connectivity index (χ0) is 16.3. The molecule has 0 unspecified atom stereocenters. The van der Waals surface area contributed by atoms with Gasteiger partial charge in [0, 0.05) is 10.6 Å². The Morgan fingerprint density at radius 1 is 0.739 bits per heavy atom. The molecule has 0 saturated carbocycles. The van der Waals surface area contributed by atoms with Gasteiger partial charge < -0.3 is 9.30 Å². The van der Waals surface area contributed by atoms with Crippen LogP contribution in [0.25, 0.3) is 0 Å². The van der Waals surface area contributed by atoms with Crippen LogP contribution in [0, 0.1) is 6.92 Å². The second-order valence-electron chi connectivity index (χ2n) is 5.45. The number of methoxy groups -OCH3 is 1. The monoisotopic (exact) mass is 322 g/mol. The maximum Gasteiger partial charge on any atom is 0.174 e. The third-order valence-corrected chi connectivity index (χ3v) is 7.04. The molecule has 0 N–H and O–H groups in total.